The number of hydrogen-bond donors (Lipinski definition) is 3. The Morgan fingerprint density at radius 2 is 2.27 bits per heavy atom. The van der Waals surface area contributed by atoms with E-state index in [1.54, 1.807) is 0 Å². The third kappa shape index (κ3) is 2.75. The molecule has 26 heavy (non-hydrogen) atoms. The van der Waals surface area contributed by atoms with Crippen LogP contribution in [0.5, 0.6) is 0 Å². The second kappa shape index (κ2) is 6.15. The number of nitrogens with zero attached hydrogens (tertiary/aromatic N) is 6. The van der Waals surface area contributed by atoms with Crippen molar-refractivity contribution < 1.29 is 14.5 Å². The number of carboxylic acid groups (broad SMARTS) is 1. The molecule has 3 aromatic heterocycles. The highest BCUT2D eigenvalue weighted by atomic mass is 32.2. The van der Waals surface area contributed by atoms with E-state index < -0.39 is 5.97 Å². The molecule has 4 rings (SSSR count). The topological polar surface area (TPSA) is 162 Å². The van der Waals surface area contributed by atoms with Crippen molar-refractivity contribution >= 4 is 34.6 Å². The number of imidazole rings is 1. The lowest BCUT2D eigenvalue weighted by Gasteiger charge is -2.02. The van der Waals surface area contributed by atoms with Crippen molar-refractivity contribution in [2.45, 2.75) is 17.8 Å². The normalized spacial score (nSPS) is 11.3. The molecule has 0 amide bonds. The SMILES string of the molecule is Cc1ccc2nc(SCc3c(C(=O)O)nnn3-c3nonc3N)[nH]c2c1. The largest absolute Gasteiger partial charge is 0.476 e. The number of nitrogens with two attached hydrogens (primary N) is 1. The number of nitrogens with one attached hydrogen (secondary N) is 1. The van der Waals surface area contributed by atoms with Crippen molar-refractivity contribution in [3.05, 3.63) is 35.2 Å². The molecule has 0 fully saturated rings. The van der Waals surface area contributed by atoms with E-state index in [0.717, 1.165) is 16.6 Å². The number of aromatic nitrogens is 7. The van der Waals surface area contributed by atoms with Crippen molar-refractivity contribution in [2.24, 2.45) is 0 Å². The predicted octanol–water partition coefficient (Wildman–Crippen LogP) is 1.41. The van der Waals surface area contributed by atoms with Gasteiger partial charge in [0.1, 0.15) is 0 Å². The van der Waals surface area contributed by atoms with Crippen LogP contribution >= 0.6 is 11.8 Å². The van der Waals surface area contributed by atoms with Crippen molar-refractivity contribution in [3.63, 3.8) is 0 Å². The predicted molar refractivity (Wildman–Crippen MR) is 91.0 cm³/mol. The van der Waals surface area contributed by atoms with Gasteiger partial charge in [0.15, 0.2) is 10.9 Å². The molecule has 0 unspecified atom stereocenters. The maximum atomic E-state index is 11.4. The highest BCUT2D eigenvalue weighted by Gasteiger charge is 2.23. The molecule has 0 aliphatic carbocycles. The summed E-state index contributed by atoms with van der Waals surface area (Å²) in [5.74, 6) is -0.917. The summed E-state index contributed by atoms with van der Waals surface area (Å²) in [6, 6.07) is 5.88. The number of thioether (sulfide) groups is 1. The van der Waals surface area contributed by atoms with Crippen LogP contribution in [0.15, 0.2) is 28.0 Å². The number of hydrogen-bond acceptors (Lipinski definition) is 9. The highest BCUT2D eigenvalue weighted by molar-refractivity contribution is 7.98. The van der Waals surface area contributed by atoms with Gasteiger partial charge >= 0.3 is 5.97 Å². The second-order valence-electron chi connectivity index (χ2n) is 5.43. The van der Waals surface area contributed by atoms with E-state index >= 15 is 0 Å². The molecule has 4 aromatic rings. The minimum atomic E-state index is -1.21. The van der Waals surface area contributed by atoms with Gasteiger partial charge in [-0.15, -0.1) is 5.10 Å². The number of rotatable bonds is 5. The lowest BCUT2D eigenvalue weighted by Crippen LogP contribution is -2.08. The van der Waals surface area contributed by atoms with Crippen LogP contribution in [0.3, 0.4) is 0 Å². The number of fused-ring (bicyclic) bond motifs is 1. The molecule has 3 heterocycles. The van der Waals surface area contributed by atoms with Crippen molar-refractivity contribution in [1.82, 2.24) is 35.3 Å². The minimum Gasteiger partial charge on any atom is -0.476 e. The molecule has 0 aliphatic heterocycles. The Hall–Kier alpha value is -3.41. The third-order valence-electron chi connectivity index (χ3n) is 3.62. The van der Waals surface area contributed by atoms with Gasteiger partial charge in [-0.05, 0) is 34.9 Å². The number of carboxylic acids is 1. The molecule has 12 heteroatoms. The van der Waals surface area contributed by atoms with Crippen LogP contribution in [0, 0.1) is 6.92 Å². The Morgan fingerprint density at radius 1 is 1.42 bits per heavy atom. The van der Waals surface area contributed by atoms with Crippen LogP contribution in [0.4, 0.5) is 5.82 Å². The van der Waals surface area contributed by atoms with Crippen molar-refractivity contribution in [2.75, 3.05) is 5.73 Å². The first-order valence-corrected chi connectivity index (χ1v) is 8.37. The molecule has 1 aromatic carbocycles. The number of aromatic carboxylic acids is 1. The highest BCUT2D eigenvalue weighted by Crippen LogP contribution is 2.26. The monoisotopic (exact) mass is 372 g/mol. The molecule has 0 saturated heterocycles. The van der Waals surface area contributed by atoms with Crippen LogP contribution in [0.1, 0.15) is 21.7 Å². The van der Waals surface area contributed by atoms with E-state index in [4.69, 9.17) is 5.73 Å². The number of anilines is 1. The number of benzene rings is 1. The van der Waals surface area contributed by atoms with E-state index in [1.165, 1.54) is 16.4 Å². The average Bonchev–Trinajstić information content (AvgIpc) is 3.29. The average molecular weight is 372 g/mol. The molecular formula is C14H12N8O3S. The molecule has 11 nitrogen and oxygen atoms in total. The van der Waals surface area contributed by atoms with E-state index in [9.17, 15) is 9.90 Å². The molecule has 0 atom stereocenters. The van der Waals surface area contributed by atoms with Gasteiger partial charge in [0.25, 0.3) is 0 Å². The molecule has 0 spiro atoms. The van der Waals surface area contributed by atoms with E-state index in [-0.39, 0.29) is 23.1 Å². The van der Waals surface area contributed by atoms with Crippen LogP contribution in [-0.4, -0.2) is 46.4 Å². The van der Waals surface area contributed by atoms with Gasteiger partial charge in [0.05, 0.1) is 16.7 Å². The minimum absolute atomic E-state index is 0.0164. The third-order valence-corrected chi connectivity index (χ3v) is 4.51. The fourth-order valence-electron chi connectivity index (χ4n) is 2.41. The summed E-state index contributed by atoms with van der Waals surface area (Å²) < 4.78 is 5.76. The summed E-state index contributed by atoms with van der Waals surface area (Å²) in [4.78, 5) is 19.1. The zero-order valence-electron chi connectivity index (χ0n) is 13.4. The summed E-state index contributed by atoms with van der Waals surface area (Å²) in [6.45, 7) is 1.99. The number of H-pyrrole nitrogens is 1. The first kappa shape index (κ1) is 16.1. The molecule has 132 valence electrons. The summed E-state index contributed by atoms with van der Waals surface area (Å²) in [5, 5.41) is 24.6. The standard InChI is InChI=1S/C14H12N8O3S/c1-6-2-3-7-8(4-6)17-14(16-7)26-5-9-10(13(23)24)18-21-22(9)12-11(15)19-25-20-12/h2-4H,5H2,1H3,(H2,15,19)(H,16,17)(H,23,24). The van der Waals surface area contributed by atoms with Crippen LogP contribution in [-0.2, 0) is 5.75 Å². The Kier molecular flexibility index (Phi) is 3.80. The van der Waals surface area contributed by atoms with Gasteiger partial charge in [-0.2, -0.15) is 4.68 Å². The van der Waals surface area contributed by atoms with E-state index in [2.05, 4.69) is 35.2 Å². The van der Waals surface area contributed by atoms with E-state index in [0.29, 0.717) is 10.9 Å². The molecular weight excluding hydrogens is 360 g/mol. The van der Waals surface area contributed by atoms with Crippen LogP contribution in [0.2, 0.25) is 0 Å². The zero-order valence-corrected chi connectivity index (χ0v) is 14.2. The summed E-state index contributed by atoms with van der Waals surface area (Å²) in [7, 11) is 0. The maximum Gasteiger partial charge on any atom is 0.358 e. The van der Waals surface area contributed by atoms with Crippen molar-refractivity contribution in [1.29, 1.82) is 0 Å². The Labute approximate surface area is 149 Å². The summed E-state index contributed by atoms with van der Waals surface area (Å²) in [5.41, 5.74) is 8.61. The maximum absolute atomic E-state index is 11.4. The van der Waals surface area contributed by atoms with E-state index in [1.807, 2.05) is 25.1 Å². The molecule has 0 bridgehead atoms. The number of carbonyl (C=O) groups is 1. The lowest BCUT2D eigenvalue weighted by atomic mass is 10.2. The molecule has 0 saturated carbocycles. The van der Waals surface area contributed by atoms with Gasteiger partial charge in [-0.1, -0.05) is 23.0 Å². The van der Waals surface area contributed by atoms with Crippen LogP contribution in [0.25, 0.3) is 16.9 Å². The summed E-state index contributed by atoms with van der Waals surface area (Å²) in [6.07, 6.45) is 0. The van der Waals surface area contributed by atoms with Gasteiger partial charge in [0.2, 0.25) is 11.6 Å². The molecule has 0 radical (unpaired) electrons. The smallest absolute Gasteiger partial charge is 0.358 e. The molecule has 4 N–H and O–H groups in total. The Bertz CT molecular complexity index is 1110. The van der Waals surface area contributed by atoms with Gasteiger partial charge in [-0.3, -0.25) is 0 Å². The van der Waals surface area contributed by atoms with Crippen LogP contribution < -0.4 is 5.73 Å². The Balaban J connectivity index is 1.67. The second-order valence-corrected chi connectivity index (χ2v) is 6.39. The van der Waals surface area contributed by atoms with Gasteiger partial charge < -0.3 is 15.8 Å². The first-order chi connectivity index (χ1) is 12.5. The first-order valence-electron chi connectivity index (χ1n) is 7.38. The number of nitrogen functional groups attached to an aromatic ring is 1. The zero-order chi connectivity index (χ0) is 18.3. The van der Waals surface area contributed by atoms with Crippen molar-refractivity contribution in [3.8, 4) is 5.82 Å². The fraction of sp³-hybridized carbons (Fsp3) is 0.143. The summed E-state index contributed by atoms with van der Waals surface area (Å²) >= 11 is 1.31. The van der Waals surface area contributed by atoms with Gasteiger partial charge in [-0.25, -0.2) is 14.4 Å². The Morgan fingerprint density at radius 3 is 3.00 bits per heavy atom. The quantitative estimate of drug-likeness (QED) is 0.436. The lowest BCUT2D eigenvalue weighted by molar-refractivity contribution is 0.0689. The molecule has 0 aliphatic rings. The van der Waals surface area contributed by atoms with Gasteiger partial charge in [0, 0.05) is 5.75 Å². The number of aromatic amines is 1. The fourth-order valence-corrected chi connectivity index (χ4v) is 3.29. The number of aryl methyl sites for hydroxylation is 1.